The van der Waals surface area contributed by atoms with E-state index < -0.39 is 0 Å². The molecule has 1 saturated heterocycles. The van der Waals surface area contributed by atoms with Gasteiger partial charge in [0, 0.05) is 36.2 Å². The number of phenolic OH excluding ortho intramolecular Hbond substituents is 1. The molecule has 0 aliphatic carbocycles. The van der Waals surface area contributed by atoms with Crippen LogP contribution in [0.5, 0.6) is 5.75 Å². The van der Waals surface area contributed by atoms with Gasteiger partial charge < -0.3 is 14.9 Å². The van der Waals surface area contributed by atoms with Crippen molar-refractivity contribution in [3.8, 4) is 5.75 Å². The molecule has 0 bridgehead atoms. The van der Waals surface area contributed by atoms with Gasteiger partial charge >= 0.3 is 0 Å². The Morgan fingerprint density at radius 1 is 1.26 bits per heavy atom. The van der Waals surface area contributed by atoms with E-state index in [4.69, 9.17) is 11.6 Å². The van der Waals surface area contributed by atoms with E-state index in [9.17, 15) is 14.7 Å². The number of nitrogens with zero attached hydrogens (tertiary/aromatic N) is 2. The molecule has 2 rings (SSSR count). The smallest absolute Gasteiger partial charge is 0.246 e. The maximum Gasteiger partial charge on any atom is 0.246 e. The fraction of sp³-hybridized carbons (Fsp3) is 0.375. The lowest BCUT2D eigenvalue weighted by molar-refractivity contribution is -0.137. The topological polar surface area (TPSA) is 60.9 Å². The van der Waals surface area contributed by atoms with Gasteiger partial charge in [0.2, 0.25) is 11.8 Å². The third-order valence-corrected chi connectivity index (χ3v) is 5.37. The molecule has 0 saturated carbocycles. The minimum atomic E-state index is -0.0993. The van der Waals surface area contributed by atoms with Gasteiger partial charge in [0.1, 0.15) is 5.75 Å². The standard InChI is InChI=1S/C16H18ClIN2O3/c1-2-15(22)19-5-7-20(8-6-19)16(23)4-3-11-9-13(18)12(17)10-14(11)21/h2,9-10,21H,1,3-8H2. The highest BCUT2D eigenvalue weighted by Crippen LogP contribution is 2.28. The molecule has 1 heterocycles. The third-order valence-electron chi connectivity index (χ3n) is 3.85. The molecule has 1 fully saturated rings. The maximum absolute atomic E-state index is 12.3. The lowest BCUT2D eigenvalue weighted by atomic mass is 10.1. The van der Waals surface area contributed by atoms with Crippen molar-refractivity contribution in [3.05, 3.63) is 38.9 Å². The van der Waals surface area contributed by atoms with Crippen molar-refractivity contribution in [2.45, 2.75) is 12.8 Å². The number of phenols is 1. The average Bonchev–Trinajstić information content (AvgIpc) is 2.56. The first-order valence-electron chi connectivity index (χ1n) is 7.28. The van der Waals surface area contributed by atoms with Gasteiger partial charge in [0.15, 0.2) is 0 Å². The van der Waals surface area contributed by atoms with E-state index in [0.29, 0.717) is 49.6 Å². The Morgan fingerprint density at radius 2 is 1.87 bits per heavy atom. The lowest BCUT2D eigenvalue weighted by Crippen LogP contribution is -2.50. The molecule has 0 unspecified atom stereocenters. The molecule has 5 nitrogen and oxygen atoms in total. The Balaban J connectivity index is 1.88. The van der Waals surface area contributed by atoms with Crippen molar-refractivity contribution in [2.75, 3.05) is 26.2 Å². The zero-order chi connectivity index (χ0) is 17.0. The van der Waals surface area contributed by atoms with Crippen LogP contribution < -0.4 is 0 Å². The summed E-state index contributed by atoms with van der Waals surface area (Å²) in [5.41, 5.74) is 0.715. The first-order valence-corrected chi connectivity index (χ1v) is 8.74. The zero-order valence-corrected chi connectivity index (χ0v) is 15.5. The summed E-state index contributed by atoms with van der Waals surface area (Å²) in [5, 5.41) is 10.4. The van der Waals surface area contributed by atoms with Gasteiger partial charge in [-0.2, -0.15) is 0 Å². The van der Waals surface area contributed by atoms with Crippen LogP contribution in [-0.4, -0.2) is 52.9 Å². The number of halogens is 2. The highest BCUT2D eigenvalue weighted by atomic mass is 127. The molecular formula is C16H18ClIN2O3. The van der Waals surface area contributed by atoms with Crippen LogP contribution in [0.15, 0.2) is 24.8 Å². The molecule has 23 heavy (non-hydrogen) atoms. The first kappa shape index (κ1) is 18.1. The fourth-order valence-electron chi connectivity index (χ4n) is 2.48. The first-order chi connectivity index (χ1) is 10.9. The summed E-state index contributed by atoms with van der Waals surface area (Å²) in [7, 11) is 0. The van der Waals surface area contributed by atoms with Crippen molar-refractivity contribution < 1.29 is 14.7 Å². The summed E-state index contributed by atoms with van der Waals surface area (Å²) in [6.45, 7) is 5.59. The van der Waals surface area contributed by atoms with Crippen LogP contribution in [0.3, 0.4) is 0 Å². The number of benzene rings is 1. The lowest BCUT2D eigenvalue weighted by Gasteiger charge is -2.34. The number of amides is 2. The molecule has 1 aromatic rings. The molecule has 1 aliphatic heterocycles. The van der Waals surface area contributed by atoms with Gasteiger partial charge in [-0.3, -0.25) is 9.59 Å². The van der Waals surface area contributed by atoms with E-state index in [-0.39, 0.29) is 17.6 Å². The van der Waals surface area contributed by atoms with Crippen LogP contribution in [0.4, 0.5) is 0 Å². The SMILES string of the molecule is C=CC(=O)N1CCN(C(=O)CCc2cc(I)c(Cl)cc2O)CC1. The average molecular weight is 449 g/mol. The quantitative estimate of drug-likeness (QED) is 0.569. The predicted octanol–water partition coefficient (Wildman–Crippen LogP) is 2.44. The van der Waals surface area contributed by atoms with Crippen molar-refractivity contribution >= 4 is 46.0 Å². The van der Waals surface area contributed by atoms with Gasteiger partial charge in [-0.25, -0.2) is 0 Å². The number of carbonyl (C=O) groups is 2. The van der Waals surface area contributed by atoms with E-state index >= 15 is 0 Å². The Labute approximate surface area is 154 Å². The normalized spacial score (nSPS) is 14.7. The van der Waals surface area contributed by atoms with E-state index in [2.05, 4.69) is 29.2 Å². The number of carbonyl (C=O) groups excluding carboxylic acids is 2. The molecule has 1 aromatic carbocycles. The second kappa shape index (κ2) is 8.01. The van der Waals surface area contributed by atoms with Crippen LogP contribution >= 0.6 is 34.2 Å². The molecule has 7 heteroatoms. The molecule has 0 spiro atoms. The number of aryl methyl sites for hydroxylation is 1. The van der Waals surface area contributed by atoms with Crippen molar-refractivity contribution in [3.63, 3.8) is 0 Å². The van der Waals surface area contributed by atoms with Gasteiger partial charge in [-0.05, 0) is 52.8 Å². The third kappa shape index (κ3) is 4.60. The molecule has 2 amide bonds. The Bertz CT molecular complexity index is 628. The largest absolute Gasteiger partial charge is 0.508 e. The van der Waals surface area contributed by atoms with E-state index in [1.165, 1.54) is 12.1 Å². The number of hydrogen-bond acceptors (Lipinski definition) is 3. The van der Waals surface area contributed by atoms with Gasteiger partial charge in [0.05, 0.1) is 5.02 Å². The van der Waals surface area contributed by atoms with Crippen LogP contribution in [0.25, 0.3) is 0 Å². The molecule has 0 atom stereocenters. The van der Waals surface area contributed by atoms with Crippen molar-refractivity contribution in [1.29, 1.82) is 0 Å². The minimum absolute atomic E-state index is 0.0278. The Morgan fingerprint density at radius 3 is 2.48 bits per heavy atom. The summed E-state index contributed by atoms with van der Waals surface area (Å²) in [6.07, 6.45) is 2.08. The predicted molar refractivity (Wildman–Crippen MR) is 97.5 cm³/mol. The second-order valence-corrected chi connectivity index (χ2v) is 6.87. The molecule has 0 aromatic heterocycles. The zero-order valence-electron chi connectivity index (χ0n) is 12.6. The molecule has 1 aliphatic rings. The van der Waals surface area contributed by atoms with E-state index in [0.717, 1.165) is 3.57 Å². The number of aromatic hydroxyl groups is 1. The highest BCUT2D eigenvalue weighted by Gasteiger charge is 2.22. The minimum Gasteiger partial charge on any atom is -0.508 e. The maximum atomic E-state index is 12.3. The van der Waals surface area contributed by atoms with Gasteiger partial charge in [-0.15, -0.1) is 0 Å². The Hall–Kier alpha value is -1.28. The summed E-state index contributed by atoms with van der Waals surface area (Å²) in [5.74, 6) is 0.0439. The summed E-state index contributed by atoms with van der Waals surface area (Å²) in [6, 6.07) is 3.30. The number of piperazine rings is 1. The number of rotatable bonds is 4. The molecular weight excluding hydrogens is 431 g/mol. The van der Waals surface area contributed by atoms with Gasteiger partial charge in [0.25, 0.3) is 0 Å². The number of hydrogen-bond donors (Lipinski definition) is 1. The fourth-order valence-corrected chi connectivity index (χ4v) is 3.17. The molecule has 1 N–H and O–H groups in total. The second-order valence-electron chi connectivity index (χ2n) is 5.31. The molecule has 124 valence electrons. The van der Waals surface area contributed by atoms with Crippen LogP contribution in [0, 0.1) is 3.57 Å². The van der Waals surface area contributed by atoms with Gasteiger partial charge in [-0.1, -0.05) is 18.2 Å². The van der Waals surface area contributed by atoms with Crippen molar-refractivity contribution in [1.82, 2.24) is 9.80 Å². The molecule has 0 radical (unpaired) electrons. The summed E-state index contributed by atoms with van der Waals surface area (Å²) < 4.78 is 0.848. The highest BCUT2D eigenvalue weighted by molar-refractivity contribution is 14.1. The van der Waals surface area contributed by atoms with Crippen molar-refractivity contribution in [2.24, 2.45) is 0 Å². The van der Waals surface area contributed by atoms with Crippen LogP contribution in [0.1, 0.15) is 12.0 Å². The van der Waals surface area contributed by atoms with Crippen LogP contribution in [-0.2, 0) is 16.0 Å². The van der Waals surface area contributed by atoms with E-state index in [1.807, 2.05) is 0 Å². The van der Waals surface area contributed by atoms with Crippen LogP contribution in [0.2, 0.25) is 5.02 Å². The van der Waals surface area contributed by atoms with E-state index in [1.54, 1.807) is 15.9 Å². The monoisotopic (exact) mass is 448 g/mol. The Kier molecular flexibility index (Phi) is 6.29. The summed E-state index contributed by atoms with van der Waals surface area (Å²) in [4.78, 5) is 27.2. The summed E-state index contributed by atoms with van der Waals surface area (Å²) >= 11 is 8.03.